The van der Waals surface area contributed by atoms with Crippen molar-refractivity contribution in [2.45, 2.75) is 18.6 Å². The number of fused-ring (bicyclic) bond motifs is 1. The van der Waals surface area contributed by atoms with Crippen LogP contribution in [-0.2, 0) is 0 Å². The molecule has 11 heteroatoms. The fraction of sp³-hybridized carbons (Fsp3) is 0.296. The van der Waals surface area contributed by atoms with Gasteiger partial charge >= 0.3 is 0 Å². The van der Waals surface area contributed by atoms with Crippen LogP contribution < -0.4 is 20.4 Å². The standard InChI is InChI=1S/C27H26F3N7O/c28-17-1-6-22(30)21(13-17)23-14-18(29)16-36(23)26-8-7-25-32-15-24(37(25)34-26)27(38)33-19-2-4-20(5-3-19)35-11-9-31-10-12-35/h1-8,13,15,18,23,31H,9-12,14,16H2,(H,33,38)/t18-,23+/m0/s1. The van der Waals surface area contributed by atoms with Crippen LogP contribution in [0.2, 0.25) is 0 Å². The van der Waals surface area contributed by atoms with Crippen molar-refractivity contribution in [1.29, 1.82) is 0 Å². The average Bonchev–Trinajstić information content (AvgIpc) is 3.54. The van der Waals surface area contributed by atoms with Crippen molar-refractivity contribution < 1.29 is 18.0 Å². The van der Waals surface area contributed by atoms with Gasteiger partial charge in [-0.3, -0.25) is 4.79 Å². The van der Waals surface area contributed by atoms with Gasteiger partial charge in [-0.15, -0.1) is 5.10 Å². The van der Waals surface area contributed by atoms with Gasteiger partial charge in [0.2, 0.25) is 0 Å². The Morgan fingerprint density at radius 1 is 1.03 bits per heavy atom. The topological polar surface area (TPSA) is 77.8 Å². The number of imidazole rings is 1. The number of nitrogens with one attached hydrogen (secondary N) is 2. The lowest BCUT2D eigenvalue weighted by atomic mass is 10.0. The van der Waals surface area contributed by atoms with E-state index < -0.39 is 29.8 Å². The zero-order valence-electron chi connectivity index (χ0n) is 20.4. The Balaban J connectivity index is 1.25. The summed E-state index contributed by atoms with van der Waals surface area (Å²) in [4.78, 5) is 21.3. The van der Waals surface area contributed by atoms with E-state index in [1.165, 1.54) is 10.7 Å². The van der Waals surface area contributed by atoms with Gasteiger partial charge in [0.25, 0.3) is 5.91 Å². The van der Waals surface area contributed by atoms with Crippen LogP contribution in [-0.4, -0.2) is 59.4 Å². The molecule has 0 saturated carbocycles. The van der Waals surface area contributed by atoms with E-state index in [1.807, 2.05) is 24.3 Å². The molecule has 1 amide bonds. The number of nitrogens with zero attached hydrogens (tertiary/aromatic N) is 5. The molecule has 2 aromatic heterocycles. The number of amides is 1. The van der Waals surface area contributed by atoms with Crippen LogP contribution in [0.3, 0.4) is 0 Å². The minimum absolute atomic E-state index is 0.00129. The molecule has 8 nitrogen and oxygen atoms in total. The largest absolute Gasteiger partial charge is 0.369 e. The van der Waals surface area contributed by atoms with Crippen LogP contribution in [0.15, 0.2) is 60.8 Å². The van der Waals surface area contributed by atoms with E-state index in [0.717, 1.165) is 50.1 Å². The van der Waals surface area contributed by atoms with Crippen LogP contribution >= 0.6 is 0 Å². The second-order valence-corrected chi connectivity index (χ2v) is 9.51. The summed E-state index contributed by atoms with van der Waals surface area (Å²) in [5.74, 6) is -1.28. The van der Waals surface area contributed by atoms with Crippen LogP contribution in [0.4, 0.5) is 30.4 Å². The fourth-order valence-electron chi connectivity index (χ4n) is 5.15. The Kier molecular flexibility index (Phi) is 6.36. The summed E-state index contributed by atoms with van der Waals surface area (Å²) in [6.07, 6.45) is 0.179. The van der Waals surface area contributed by atoms with Crippen LogP contribution in [0.5, 0.6) is 0 Å². The predicted molar refractivity (Wildman–Crippen MR) is 138 cm³/mol. The number of carbonyl (C=O) groups is 1. The molecule has 2 N–H and O–H groups in total. The number of aromatic nitrogens is 3. The zero-order chi connectivity index (χ0) is 26.2. The third-order valence-electron chi connectivity index (χ3n) is 7.05. The molecule has 0 unspecified atom stereocenters. The summed E-state index contributed by atoms with van der Waals surface area (Å²) >= 11 is 0. The second-order valence-electron chi connectivity index (χ2n) is 9.51. The van der Waals surface area contributed by atoms with Crippen molar-refractivity contribution in [3.05, 3.63) is 83.7 Å². The number of alkyl halides is 1. The molecule has 2 atom stereocenters. The van der Waals surface area contributed by atoms with Crippen molar-refractivity contribution >= 4 is 28.7 Å². The third-order valence-corrected chi connectivity index (χ3v) is 7.05. The molecule has 0 aliphatic carbocycles. The van der Waals surface area contributed by atoms with Crippen LogP contribution in [0.25, 0.3) is 5.65 Å². The summed E-state index contributed by atoms with van der Waals surface area (Å²) in [6.45, 7) is 3.68. The van der Waals surface area contributed by atoms with Gasteiger partial charge in [0, 0.05) is 49.5 Å². The molecule has 4 heterocycles. The van der Waals surface area contributed by atoms with Crippen molar-refractivity contribution in [2.75, 3.05) is 47.8 Å². The predicted octanol–water partition coefficient (Wildman–Crippen LogP) is 3.96. The summed E-state index contributed by atoms with van der Waals surface area (Å²) in [5.41, 5.74) is 2.41. The molecule has 196 valence electrons. The molecule has 38 heavy (non-hydrogen) atoms. The number of carbonyl (C=O) groups excluding carboxylic acids is 1. The molecule has 2 aliphatic rings. The molecule has 6 rings (SSSR count). The zero-order valence-corrected chi connectivity index (χ0v) is 20.4. The number of hydrogen-bond acceptors (Lipinski definition) is 6. The lowest BCUT2D eigenvalue weighted by Gasteiger charge is -2.29. The van der Waals surface area contributed by atoms with Gasteiger partial charge in [-0.25, -0.2) is 22.7 Å². The number of rotatable bonds is 5. The number of hydrogen-bond donors (Lipinski definition) is 2. The van der Waals surface area contributed by atoms with E-state index in [-0.39, 0.29) is 24.2 Å². The maximum Gasteiger partial charge on any atom is 0.276 e. The molecule has 2 aromatic carbocycles. The van der Waals surface area contributed by atoms with Crippen molar-refractivity contribution in [1.82, 2.24) is 19.9 Å². The van der Waals surface area contributed by atoms with E-state index in [9.17, 15) is 18.0 Å². The quantitative estimate of drug-likeness (QED) is 0.414. The molecule has 2 aliphatic heterocycles. The van der Waals surface area contributed by atoms with E-state index >= 15 is 0 Å². The van der Waals surface area contributed by atoms with Gasteiger partial charge in [0.15, 0.2) is 11.3 Å². The molecule has 0 radical (unpaired) electrons. The van der Waals surface area contributed by atoms with Gasteiger partial charge in [-0.1, -0.05) is 0 Å². The molecular formula is C27H26F3N7O. The Labute approximate surface area is 217 Å². The highest BCUT2D eigenvalue weighted by Gasteiger charge is 2.36. The summed E-state index contributed by atoms with van der Waals surface area (Å²) in [5, 5.41) is 10.7. The maximum atomic E-state index is 14.5. The first kappa shape index (κ1) is 24.2. The van der Waals surface area contributed by atoms with Crippen LogP contribution in [0.1, 0.15) is 28.5 Å². The lowest BCUT2D eigenvalue weighted by molar-refractivity contribution is 0.102. The van der Waals surface area contributed by atoms with Gasteiger partial charge < -0.3 is 20.4 Å². The highest BCUT2D eigenvalue weighted by Crippen LogP contribution is 2.38. The van der Waals surface area contributed by atoms with Crippen LogP contribution in [0, 0.1) is 11.6 Å². The molecular weight excluding hydrogens is 495 g/mol. The number of piperazine rings is 1. The fourth-order valence-corrected chi connectivity index (χ4v) is 5.15. The molecule has 4 aromatic rings. The minimum atomic E-state index is -1.24. The minimum Gasteiger partial charge on any atom is -0.369 e. The van der Waals surface area contributed by atoms with E-state index in [0.29, 0.717) is 17.2 Å². The normalized spacial score (nSPS) is 19.8. The van der Waals surface area contributed by atoms with Crippen molar-refractivity contribution in [2.24, 2.45) is 0 Å². The Morgan fingerprint density at radius 2 is 1.82 bits per heavy atom. The first-order valence-electron chi connectivity index (χ1n) is 12.5. The average molecular weight is 522 g/mol. The Bertz CT molecular complexity index is 1470. The SMILES string of the molecule is O=C(Nc1ccc(N2CCNCC2)cc1)c1cnc2ccc(N3C[C@@H](F)C[C@@H]3c3cc(F)ccc3F)nn12. The molecule has 0 bridgehead atoms. The highest BCUT2D eigenvalue weighted by molar-refractivity contribution is 6.03. The van der Waals surface area contributed by atoms with E-state index in [2.05, 4.69) is 25.6 Å². The van der Waals surface area contributed by atoms with Gasteiger partial charge in [-0.2, -0.15) is 0 Å². The summed E-state index contributed by atoms with van der Waals surface area (Å²) in [7, 11) is 0. The Hall–Kier alpha value is -4.12. The first-order chi connectivity index (χ1) is 18.5. The number of halogens is 3. The van der Waals surface area contributed by atoms with Gasteiger partial charge in [-0.05, 0) is 54.6 Å². The van der Waals surface area contributed by atoms with E-state index in [4.69, 9.17) is 0 Å². The summed E-state index contributed by atoms with van der Waals surface area (Å²) < 4.78 is 44.3. The number of benzene rings is 2. The summed E-state index contributed by atoms with van der Waals surface area (Å²) in [6, 6.07) is 13.4. The monoisotopic (exact) mass is 521 g/mol. The second kappa shape index (κ2) is 9.97. The molecule has 2 fully saturated rings. The smallest absolute Gasteiger partial charge is 0.276 e. The van der Waals surface area contributed by atoms with Gasteiger partial charge in [0.05, 0.1) is 18.8 Å². The molecule has 0 spiro atoms. The van der Waals surface area contributed by atoms with E-state index in [1.54, 1.807) is 17.0 Å². The third kappa shape index (κ3) is 4.65. The number of anilines is 3. The first-order valence-corrected chi connectivity index (χ1v) is 12.5. The van der Waals surface area contributed by atoms with Gasteiger partial charge in [0.1, 0.15) is 23.6 Å². The Morgan fingerprint density at radius 3 is 2.61 bits per heavy atom. The van der Waals surface area contributed by atoms with Crippen molar-refractivity contribution in [3.63, 3.8) is 0 Å². The lowest BCUT2D eigenvalue weighted by Crippen LogP contribution is -2.43. The maximum absolute atomic E-state index is 14.5. The molecule has 2 saturated heterocycles. The van der Waals surface area contributed by atoms with Crippen molar-refractivity contribution in [3.8, 4) is 0 Å². The highest BCUT2D eigenvalue weighted by atomic mass is 19.1.